The maximum absolute atomic E-state index is 10.8. The van der Waals surface area contributed by atoms with E-state index in [1.165, 1.54) is 0 Å². The van der Waals surface area contributed by atoms with Crippen LogP contribution in [0, 0.1) is 13.8 Å². The lowest BCUT2D eigenvalue weighted by atomic mass is 10.1. The van der Waals surface area contributed by atoms with Crippen molar-refractivity contribution in [2.24, 2.45) is 4.99 Å². The Hall–Kier alpha value is -1.92. The summed E-state index contributed by atoms with van der Waals surface area (Å²) < 4.78 is 6.08. The minimum absolute atomic E-state index is 0.199. The van der Waals surface area contributed by atoms with E-state index in [2.05, 4.69) is 16.9 Å². The highest BCUT2D eigenvalue weighted by Crippen LogP contribution is 2.35. The van der Waals surface area contributed by atoms with Crippen LogP contribution in [0.4, 0.5) is 5.69 Å². The first-order valence-electron chi connectivity index (χ1n) is 7.09. The summed E-state index contributed by atoms with van der Waals surface area (Å²) >= 11 is 7.05. The summed E-state index contributed by atoms with van der Waals surface area (Å²) in [5.41, 5.74) is 3.01. The van der Waals surface area contributed by atoms with E-state index in [1.807, 2.05) is 37.9 Å². The van der Waals surface area contributed by atoms with Crippen LogP contribution >= 0.6 is 22.9 Å². The molecule has 1 heterocycles. The average Bonchev–Trinajstić information content (AvgIpc) is 2.88. The minimum atomic E-state index is 0.199. The van der Waals surface area contributed by atoms with Gasteiger partial charge in [-0.25, -0.2) is 4.99 Å². The molecule has 0 unspecified atom stereocenters. The van der Waals surface area contributed by atoms with Crippen LogP contribution < -0.4 is 4.74 Å². The number of aryl methyl sites for hydroxylation is 2. The molecular formula is C16H18ClN3O2S. The molecule has 0 aliphatic heterocycles. The van der Waals surface area contributed by atoms with Crippen molar-refractivity contribution in [1.29, 1.82) is 0 Å². The van der Waals surface area contributed by atoms with E-state index in [4.69, 9.17) is 16.3 Å². The molecule has 0 amide bonds. The standard InChI is InChI=1S/C16H18ClN3O2S/c1-5-20(4)9-18-12-6-11(3)14(7-10(12)2)22-16-19-13(8-21)15(17)23-16/h6-9H,5H2,1-4H3/b18-9+. The maximum Gasteiger partial charge on any atom is 0.280 e. The molecule has 0 aliphatic carbocycles. The Bertz CT molecular complexity index is 743. The first kappa shape index (κ1) is 17.4. The zero-order chi connectivity index (χ0) is 17.0. The second-order valence-electron chi connectivity index (χ2n) is 5.08. The lowest BCUT2D eigenvalue weighted by Gasteiger charge is -2.11. The Morgan fingerprint density at radius 1 is 1.39 bits per heavy atom. The van der Waals surface area contributed by atoms with Crippen molar-refractivity contribution >= 4 is 41.2 Å². The van der Waals surface area contributed by atoms with E-state index in [0.717, 1.165) is 34.7 Å². The first-order chi connectivity index (χ1) is 10.9. The maximum atomic E-state index is 10.8. The molecule has 5 nitrogen and oxygen atoms in total. The normalized spacial score (nSPS) is 11.0. The summed E-state index contributed by atoms with van der Waals surface area (Å²) in [4.78, 5) is 21.3. The van der Waals surface area contributed by atoms with E-state index in [0.29, 0.717) is 21.6 Å². The SMILES string of the molecule is CCN(C)/C=N/c1cc(C)c(Oc2nc(C=O)c(Cl)s2)cc1C. The van der Waals surface area contributed by atoms with Gasteiger partial charge < -0.3 is 9.64 Å². The molecule has 122 valence electrons. The van der Waals surface area contributed by atoms with E-state index in [1.54, 1.807) is 6.34 Å². The van der Waals surface area contributed by atoms with Gasteiger partial charge in [0, 0.05) is 13.6 Å². The van der Waals surface area contributed by atoms with Crippen molar-refractivity contribution < 1.29 is 9.53 Å². The van der Waals surface area contributed by atoms with Gasteiger partial charge in [0.15, 0.2) is 6.29 Å². The number of hydrogen-bond donors (Lipinski definition) is 0. The number of rotatable bonds is 6. The molecule has 0 N–H and O–H groups in total. The summed E-state index contributed by atoms with van der Waals surface area (Å²) in [5.74, 6) is 0.674. The van der Waals surface area contributed by atoms with Crippen LogP contribution in [0.15, 0.2) is 17.1 Å². The molecule has 0 radical (unpaired) electrons. The zero-order valence-corrected chi connectivity index (χ0v) is 15.0. The molecule has 1 aromatic carbocycles. The largest absolute Gasteiger partial charge is 0.431 e. The molecule has 0 fully saturated rings. The molecule has 0 saturated carbocycles. The van der Waals surface area contributed by atoms with E-state index in [-0.39, 0.29) is 5.69 Å². The van der Waals surface area contributed by atoms with Crippen LogP contribution in [-0.4, -0.2) is 36.1 Å². The smallest absolute Gasteiger partial charge is 0.280 e. The van der Waals surface area contributed by atoms with Crippen molar-refractivity contribution in [1.82, 2.24) is 9.88 Å². The van der Waals surface area contributed by atoms with E-state index in [9.17, 15) is 4.79 Å². The molecule has 2 rings (SSSR count). The number of ether oxygens (including phenoxy) is 1. The topological polar surface area (TPSA) is 54.8 Å². The Morgan fingerprint density at radius 3 is 2.74 bits per heavy atom. The zero-order valence-electron chi connectivity index (χ0n) is 13.5. The minimum Gasteiger partial charge on any atom is -0.431 e. The van der Waals surface area contributed by atoms with Crippen LogP contribution in [0.3, 0.4) is 0 Å². The summed E-state index contributed by atoms with van der Waals surface area (Å²) in [7, 11) is 1.97. The van der Waals surface area contributed by atoms with Crippen molar-refractivity contribution in [2.75, 3.05) is 13.6 Å². The van der Waals surface area contributed by atoms with Gasteiger partial charge in [0.25, 0.3) is 5.19 Å². The van der Waals surface area contributed by atoms with Gasteiger partial charge in [-0.2, -0.15) is 4.98 Å². The Morgan fingerprint density at radius 2 is 2.13 bits per heavy atom. The molecule has 0 atom stereocenters. The third-order valence-corrected chi connectivity index (χ3v) is 4.45. The van der Waals surface area contributed by atoms with Gasteiger partial charge in [0.05, 0.1) is 12.0 Å². The quantitative estimate of drug-likeness (QED) is 0.432. The molecule has 0 aliphatic rings. The number of halogens is 1. The summed E-state index contributed by atoms with van der Waals surface area (Å²) in [5, 5.41) is 0.349. The van der Waals surface area contributed by atoms with Gasteiger partial charge in [0.2, 0.25) is 0 Å². The van der Waals surface area contributed by atoms with E-state index >= 15 is 0 Å². The molecule has 23 heavy (non-hydrogen) atoms. The highest BCUT2D eigenvalue weighted by molar-refractivity contribution is 7.17. The highest BCUT2D eigenvalue weighted by Gasteiger charge is 2.12. The fraction of sp³-hybridized carbons (Fsp3) is 0.312. The molecule has 1 aromatic heterocycles. The first-order valence-corrected chi connectivity index (χ1v) is 8.29. The number of benzene rings is 1. The third kappa shape index (κ3) is 4.30. The predicted molar refractivity (Wildman–Crippen MR) is 95.0 cm³/mol. The van der Waals surface area contributed by atoms with Crippen molar-refractivity contribution in [3.05, 3.63) is 33.3 Å². The van der Waals surface area contributed by atoms with Crippen LogP contribution in [0.1, 0.15) is 28.5 Å². The molecule has 2 aromatic rings. The van der Waals surface area contributed by atoms with Gasteiger partial charge in [-0.1, -0.05) is 22.9 Å². The van der Waals surface area contributed by atoms with Gasteiger partial charge in [0.1, 0.15) is 15.8 Å². The number of carbonyl (C=O) groups is 1. The number of aromatic nitrogens is 1. The summed E-state index contributed by atoms with van der Waals surface area (Å²) in [6, 6.07) is 3.87. The third-order valence-electron chi connectivity index (χ3n) is 3.29. The fourth-order valence-electron chi connectivity index (χ4n) is 1.77. The second-order valence-corrected chi connectivity index (χ2v) is 6.64. The summed E-state index contributed by atoms with van der Waals surface area (Å²) in [6.45, 7) is 6.87. The Labute approximate surface area is 144 Å². The summed E-state index contributed by atoms with van der Waals surface area (Å²) in [6.07, 6.45) is 2.42. The van der Waals surface area contributed by atoms with Crippen LogP contribution in [0.25, 0.3) is 0 Å². The number of aldehydes is 1. The molecule has 7 heteroatoms. The Balaban J connectivity index is 2.25. The van der Waals surface area contributed by atoms with Gasteiger partial charge in [-0.05, 0) is 44.0 Å². The number of aliphatic imine (C=N–C) groups is 1. The van der Waals surface area contributed by atoms with Crippen molar-refractivity contribution in [3.63, 3.8) is 0 Å². The molecular weight excluding hydrogens is 334 g/mol. The van der Waals surface area contributed by atoms with Gasteiger partial charge in [-0.3, -0.25) is 4.79 Å². The fourth-order valence-corrected chi connectivity index (χ4v) is 2.68. The number of thiazole rings is 1. The molecule has 0 saturated heterocycles. The predicted octanol–water partition coefficient (Wildman–Crippen LogP) is 4.63. The van der Waals surface area contributed by atoms with Crippen LogP contribution in [-0.2, 0) is 0 Å². The lowest BCUT2D eigenvalue weighted by Crippen LogP contribution is -2.14. The monoisotopic (exact) mass is 351 g/mol. The highest BCUT2D eigenvalue weighted by atomic mass is 35.5. The number of hydrogen-bond acceptors (Lipinski definition) is 5. The number of carbonyl (C=O) groups excluding carboxylic acids is 1. The van der Waals surface area contributed by atoms with E-state index < -0.39 is 0 Å². The Kier molecular flexibility index (Phi) is 5.74. The van der Waals surface area contributed by atoms with Crippen LogP contribution in [0.5, 0.6) is 10.9 Å². The molecule has 0 spiro atoms. The second kappa shape index (κ2) is 7.57. The van der Waals surface area contributed by atoms with Crippen LogP contribution in [0.2, 0.25) is 4.34 Å². The lowest BCUT2D eigenvalue weighted by molar-refractivity contribution is 0.111. The van der Waals surface area contributed by atoms with Gasteiger partial charge in [-0.15, -0.1) is 0 Å². The van der Waals surface area contributed by atoms with Gasteiger partial charge >= 0.3 is 0 Å². The average molecular weight is 352 g/mol. The van der Waals surface area contributed by atoms with Crippen molar-refractivity contribution in [2.45, 2.75) is 20.8 Å². The number of nitrogens with zero attached hydrogens (tertiary/aromatic N) is 3. The van der Waals surface area contributed by atoms with Crippen molar-refractivity contribution in [3.8, 4) is 10.9 Å². The molecule has 0 bridgehead atoms.